The molecule has 3 N–H and O–H groups in total. The molecule has 17 heteroatoms. The fourth-order valence-electron chi connectivity index (χ4n) is 9.47. The van der Waals surface area contributed by atoms with Gasteiger partial charge in [-0.3, -0.25) is 28.5 Å². The largest absolute Gasteiger partial charge is 0.363 e. The van der Waals surface area contributed by atoms with Crippen molar-refractivity contribution in [1.29, 1.82) is 0 Å². The van der Waals surface area contributed by atoms with Gasteiger partial charge in [0.15, 0.2) is 11.3 Å². The van der Waals surface area contributed by atoms with Crippen LogP contribution in [-0.2, 0) is 21.2 Å². The Bertz CT molecular complexity index is 2710. The number of benzene rings is 3. The molecule has 2 aromatic heterocycles. The molecule has 0 radical (unpaired) electrons. The van der Waals surface area contributed by atoms with Gasteiger partial charge in [0.2, 0.25) is 17.7 Å². The summed E-state index contributed by atoms with van der Waals surface area (Å²) in [6, 6.07) is 15.0. The number of aryl methyl sites for hydroxylation is 2. The number of carbonyl (C=O) groups is 4. The second-order valence-corrected chi connectivity index (χ2v) is 18.5. The zero-order chi connectivity index (χ0) is 42.2. The lowest BCUT2D eigenvalue weighted by atomic mass is 9.96. The number of amides is 4. The van der Waals surface area contributed by atoms with Gasteiger partial charge in [-0.15, -0.1) is 0 Å². The summed E-state index contributed by atoms with van der Waals surface area (Å²) in [6.07, 6.45) is 5.40. The molecule has 3 aromatic carbocycles. The van der Waals surface area contributed by atoms with Crippen LogP contribution in [0.15, 0.2) is 82.2 Å². The Hall–Kier alpha value is -5.70. The van der Waals surface area contributed by atoms with Crippen molar-refractivity contribution >= 4 is 53.0 Å². The normalized spacial score (nSPS) is 23.1. The number of hydrogen-bond donors (Lipinski definition) is 3. The SMILES string of the molecule is Cc1ccc2onc(C(=O)N3CC[C@H]4CC[C@@H](C(=O)N5C[C@@H](c6ccn(C)c(=O)c6)CC56CC6)N4C(=O)[C@@H](NC(=O)c4ccc5ccc([C@@H](F)P(=O)(O)O)cc5c4)C3)c2c1. The zero-order valence-electron chi connectivity index (χ0n) is 33.0. The van der Waals surface area contributed by atoms with Gasteiger partial charge in [-0.1, -0.05) is 35.0 Å². The number of pyridine rings is 1. The molecule has 3 saturated heterocycles. The number of halogens is 1. The van der Waals surface area contributed by atoms with Crippen LogP contribution in [0.1, 0.15) is 87.9 Å². The lowest BCUT2D eigenvalue weighted by molar-refractivity contribution is -0.148. The van der Waals surface area contributed by atoms with Gasteiger partial charge < -0.3 is 38.9 Å². The van der Waals surface area contributed by atoms with Crippen molar-refractivity contribution in [2.24, 2.45) is 7.05 Å². The fraction of sp³-hybridized carbons (Fsp3) is 0.395. The first-order valence-electron chi connectivity index (χ1n) is 20.1. The molecule has 1 spiro atoms. The Balaban J connectivity index is 1.02. The summed E-state index contributed by atoms with van der Waals surface area (Å²) < 4.78 is 33.3. The van der Waals surface area contributed by atoms with E-state index in [-0.39, 0.29) is 52.8 Å². The van der Waals surface area contributed by atoms with Crippen molar-refractivity contribution in [2.45, 2.75) is 80.9 Å². The van der Waals surface area contributed by atoms with E-state index in [1.807, 2.05) is 24.0 Å². The summed E-state index contributed by atoms with van der Waals surface area (Å²) in [4.78, 5) is 94.5. The van der Waals surface area contributed by atoms with Crippen LogP contribution in [0.25, 0.3) is 21.7 Å². The molecule has 5 aromatic rings. The molecule has 1 saturated carbocycles. The number of rotatable bonds is 7. The van der Waals surface area contributed by atoms with E-state index >= 15 is 0 Å². The van der Waals surface area contributed by atoms with Crippen LogP contribution >= 0.6 is 7.60 Å². The first-order chi connectivity index (χ1) is 28.6. The van der Waals surface area contributed by atoms with E-state index in [0.29, 0.717) is 47.5 Å². The number of hydrogen-bond acceptors (Lipinski definition) is 8. The Kier molecular flexibility index (Phi) is 9.79. The highest BCUT2D eigenvalue weighted by Crippen LogP contribution is 2.55. The minimum atomic E-state index is -5.10. The third-order valence-electron chi connectivity index (χ3n) is 12.9. The average molecular weight is 839 g/mol. The standard InChI is InChI=1S/C43H44FN6O9P/c1-24-3-10-35-32(17-24)37(46-59-35)42(55)48-16-12-31-8-9-34(41(54)49-22-30(21-43(49)13-14-43)26-11-15-47(2)36(51)20-26)50(31)40(53)33(23-48)45-39(52)28-7-5-25-4-6-27(18-29(25)19-28)38(44)60(56,57)58/h3-7,10-11,15,17-20,30-31,33-34,38H,8-9,12-14,16,21-23H2,1-2H3,(H,45,52)(H2,56,57,58)/t30-,31+,33-,34-,38-/m0/s1. The Morgan fingerprint density at radius 3 is 2.50 bits per heavy atom. The third-order valence-corrected chi connectivity index (χ3v) is 13.8. The molecule has 1 aliphatic carbocycles. The van der Waals surface area contributed by atoms with Crippen LogP contribution in [0.5, 0.6) is 0 Å². The maximum Gasteiger partial charge on any atom is 0.363 e. The molecule has 312 valence electrons. The van der Waals surface area contributed by atoms with E-state index in [4.69, 9.17) is 4.52 Å². The second-order valence-electron chi connectivity index (χ2n) is 16.8. The van der Waals surface area contributed by atoms with Crippen LogP contribution in [0.2, 0.25) is 0 Å². The van der Waals surface area contributed by atoms with E-state index in [1.54, 1.807) is 42.4 Å². The van der Waals surface area contributed by atoms with Crippen molar-refractivity contribution in [1.82, 2.24) is 29.7 Å². The highest BCUT2D eigenvalue weighted by molar-refractivity contribution is 7.51. The van der Waals surface area contributed by atoms with E-state index in [1.165, 1.54) is 39.8 Å². The van der Waals surface area contributed by atoms with Gasteiger partial charge in [0.25, 0.3) is 17.4 Å². The van der Waals surface area contributed by atoms with Crippen molar-refractivity contribution in [3.8, 4) is 0 Å². The van der Waals surface area contributed by atoms with Crippen LogP contribution in [0.4, 0.5) is 4.39 Å². The predicted octanol–water partition coefficient (Wildman–Crippen LogP) is 4.69. The average Bonchev–Trinajstić information content (AvgIpc) is 3.50. The molecule has 5 atom stereocenters. The van der Waals surface area contributed by atoms with Gasteiger partial charge >= 0.3 is 7.60 Å². The molecule has 60 heavy (non-hydrogen) atoms. The number of aromatic nitrogens is 2. The topological polar surface area (TPSA) is 196 Å². The maximum absolute atomic E-state index is 15.0. The van der Waals surface area contributed by atoms with E-state index in [2.05, 4.69) is 10.5 Å². The van der Waals surface area contributed by atoms with Crippen LogP contribution in [0, 0.1) is 6.92 Å². The Morgan fingerprint density at radius 1 is 0.967 bits per heavy atom. The van der Waals surface area contributed by atoms with Crippen LogP contribution in [-0.4, -0.2) is 101 Å². The Labute approximate surface area is 343 Å². The molecular formula is C43H44FN6O9P. The minimum Gasteiger partial charge on any atom is -0.355 e. The molecule has 15 nitrogen and oxygen atoms in total. The lowest BCUT2D eigenvalue weighted by Gasteiger charge is -2.40. The smallest absolute Gasteiger partial charge is 0.355 e. The first kappa shape index (κ1) is 39.7. The molecule has 5 heterocycles. The third kappa shape index (κ3) is 7.09. The predicted molar refractivity (Wildman–Crippen MR) is 217 cm³/mol. The van der Waals surface area contributed by atoms with Crippen molar-refractivity contribution in [2.75, 3.05) is 19.6 Å². The zero-order valence-corrected chi connectivity index (χ0v) is 33.9. The minimum absolute atomic E-state index is 0.0285. The van der Waals surface area contributed by atoms with Gasteiger partial charge in [0, 0.05) is 55.5 Å². The van der Waals surface area contributed by atoms with Crippen LogP contribution < -0.4 is 10.9 Å². The first-order valence-corrected chi connectivity index (χ1v) is 21.8. The van der Waals surface area contributed by atoms with Crippen molar-refractivity contribution in [3.05, 3.63) is 111 Å². The lowest BCUT2D eigenvalue weighted by Crippen LogP contribution is -2.61. The summed E-state index contributed by atoms with van der Waals surface area (Å²) in [7, 11) is -3.41. The number of nitrogens with zero attached hydrogens (tertiary/aromatic N) is 5. The second kappa shape index (κ2) is 14.8. The molecule has 0 unspecified atom stereocenters. The quantitative estimate of drug-likeness (QED) is 0.194. The molecule has 4 fully saturated rings. The Morgan fingerprint density at radius 2 is 1.75 bits per heavy atom. The summed E-state index contributed by atoms with van der Waals surface area (Å²) in [5, 5.41) is 8.36. The highest BCUT2D eigenvalue weighted by atomic mass is 31.2. The van der Waals surface area contributed by atoms with Crippen molar-refractivity contribution in [3.63, 3.8) is 0 Å². The monoisotopic (exact) mass is 838 g/mol. The van der Waals surface area contributed by atoms with E-state index in [9.17, 15) is 42.7 Å². The van der Waals surface area contributed by atoms with Gasteiger partial charge in [0.05, 0.1) is 11.9 Å². The van der Waals surface area contributed by atoms with Gasteiger partial charge in [-0.25, -0.2) is 4.39 Å². The molecule has 0 bridgehead atoms. The summed E-state index contributed by atoms with van der Waals surface area (Å²) in [5.74, 6) is -4.43. The van der Waals surface area contributed by atoms with Crippen molar-refractivity contribution < 1.29 is 42.4 Å². The molecule has 4 aliphatic rings. The summed E-state index contributed by atoms with van der Waals surface area (Å²) >= 11 is 0. The van der Waals surface area contributed by atoms with Gasteiger partial charge in [0.1, 0.15) is 12.1 Å². The number of alkyl halides is 1. The highest BCUT2D eigenvalue weighted by Gasteiger charge is 2.58. The molecular weight excluding hydrogens is 794 g/mol. The summed E-state index contributed by atoms with van der Waals surface area (Å²) in [6.45, 7) is 2.26. The molecule has 3 aliphatic heterocycles. The van der Waals surface area contributed by atoms with Gasteiger partial charge in [-0.05, 0) is 104 Å². The van der Waals surface area contributed by atoms with E-state index < -0.39 is 49.4 Å². The molecule has 4 amide bonds. The number of fused-ring (bicyclic) bond motifs is 3. The number of likely N-dealkylation sites (tertiary alicyclic amines) is 1. The summed E-state index contributed by atoms with van der Waals surface area (Å²) in [5.41, 5.74) is 1.63. The van der Waals surface area contributed by atoms with Gasteiger partial charge in [-0.2, -0.15) is 0 Å². The number of carbonyl (C=O) groups excluding carboxylic acids is 4. The molecule has 9 rings (SSSR count). The maximum atomic E-state index is 15.0. The number of nitrogens with one attached hydrogen (secondary N) is 1. The fourth-order valence-corrected chi connectivity index (χ4v) is 10.0. The van der Waals surface area contributed by atoms with Crippen LogP contribution in [0.3, 0.4) is 0 Å². The van der Waals surface area contributed by atoms with E-state index in [0.717, 1.165) is 30.4 Å².